The molecule has 0 aliphatic rings. The van der Waals surface area contributed by atoms with E-state index in [1.807, 2.05) is 17.5 Å². The molecule has 0 saturated carbocycles. The minimum Gasteiger partial charge on any atom is -0.313 e. The molecule has 0 aliphatic carbocycles. The second kappa shape index (κ2) is 5.87. The van der Waals surface area contributed by atoms with E-state index in [0.29, 0.717) is 12.0 Å². The maximum absolute atomic E-state index is 13.8. The van der Waals surface area contributed by atoms with Gasteiger partial charge in [-0.25, -0.2) is 8.78 Å². The summed E-state index contributed by atoms with van der Waals surface area (Å²) in [6.07, 6.45) is 2.16. The second-order valence-corrected chi connectivity index (χ2v) is 5.80. The highest BCUT2D eigenvalue weighted by Crippen LogP contribution is 2.25. The van der Waals surface area contributed by atoms with E-state index in [4.69, 9.17) is 0 Å². The fourth-order valence-corrected chi connectivity index (χ4v) is 3.15. The summed E-state index contributed by atoms with van der Waals surface area (Å²) >= 11 is 1.62. The molecule has 0 radical (unpaired) electrons. The van der Waals surface area contributed by atoms with E-state index in [-0.39, 0.29) is 11.9 Å². The molecule has 0 aliphatic heterocycles. The van der Waals surface area contributed by atoms with Gasteiger partial charge in [0.25, 0.3) is 0 Å². The van der Waals surface area contributed by atoms with Crippen LogP contribution in [0.25, 0.3) is 10.2 Å². The highest BCUT2D eigenvalue weighted by atomic mass is 32.1. The summed E-state index contributed by atoms with van der Waals surface area (Å²) in [5.41, 5.74) is 2.28. The Kier molecular flexibility index (Phi) is 3.94. The predicted molar refractivity (Wildman–Crippen MR) is 81.5 cm³/mol. The Hall–Kier alpha value is -1.85. The Morgan fingerprint density at radius 1 is 1.24 bits per heavy atom. The number of halogens is 2. The Morgan fingerprint density at radius 3 is 2.90 bits per heavy atom. The number of likely N-dealkylation sites (N-methyl/N-ethyl adjacent to an activating group) is 1. The number of nitrogens with one attached hydrogen (secondary N) is 1. The summed E-state index contributed by atoms with van der Waals surface area (Å²) in [6, 6.07) is 7.44. The molecule has 0 amide bonds. The third-order valence-electron chi connectivity index (χ3n) is 3.51. The Bertz CT molecular complexity index is 770. The molecule has 1 unspecified atom stereocenters. The van der Waals surface area contributed by atoms with E-state index in [1.165, 1.54) is 6.07 Å². The number of aromatic nitrogens is 1. The zero-order valence-corrected chi connectivity index (χ0v) is 12.3. The maximum Gasteiger partial charge on any atom is 0.126 e. The quantitative estimate of drug-likeness (QED) is 0.785. The number of hydrogen-bond donors (Lipinski definition) is 1. The van der Waals surface area contributed by atoms with Gasteiger partial charge in [-0.3, -0.25) is 4.98 Å². The summed E-state index contributed by atoms with van der Waals surface area (Å²) < 4.78 is 28.1. The van der Waals surface area contributed by atoms with E-state index >= 15 is 0 Å². The molecule has 1 N–H and O–H groups in total. The Morgan fingerprint density at radius 2 is 2.10 bits per heavy atom. The number of fused-ring (bicyclic) bond motifs is 1. The molecular formula is C16H14F2N2S. The highest BCUT2D eigenvalue weighted by Gasteiger charge is 2.15. The zero-order chi connectivity index (χ0) is 14.8. The molecule has 0 bridgehead atoms. The van der Waals surface area contributed by atoms with Crippen LogP contribution in [0.15, 0.2) is 41.9 Å². The number of rotatable bonds is 4. The largest absolute Gasteiger partial charge is 0.313 e. The standard InChI is InChI=1S/C16H14F2N2S/c1-19-15(7-10-6-12(17)2-3-13(10)18)11-8-16-14(20-9-11)4-5-21-16/h2-6,8-9,15,19H,7H2,1H3. The lowest BCUT2D eigenvalue weighted by Gasteiger charge is -2.17. The number of nitrogens with zero attached hydrogens (tertiary/aromatic N) is 1. The Labute approximate surface area is 125 Å². The first-order valence-corrected chi connectivity index (χ1v) is 7.49. The molecule has 0 fully saturated rings. The molecule has 0 saturated heterocycles. The van der Waals surface area contributed by atoms with Crippen LogP contribution in [-0.2, 0) is 6.42 Å². The molecule has 21 heavy (non-hydrogen) atoms. The molecule has 1 atom stereocenters. The van der Waals surface area contributed by atoms with Gasteiger partial charge in [-0.2, -0.15) is 0 Å². The number of hydrogen-bond acceptors (Lipinski definition) is 3. The van der Waals surface area contributed by atoms with Crippen molar-refractivity contribution in [1.82, 2.24) is 10.3 Å². The number of pyridine rings is 1. The molecule has 2 heterocycles. The average Bonchev–Trinajstić information content (AvgIpc) is 2.95. The average molecular weight is 304 g/mol. The minimum atomic E-state index is -0.423. The van der Waals surface area contributed by atoms with Gasteiger partial charge in [-0.15, -0.1) is 11.3 Å². The van der Waals surface area contributed by atoms with Crippen LogP contribution in [0.1, 0.15) is 17.2 Å². The zero-order valence-electron chi connectivity index (χ0n) is 11.4. The highest BCUT2D eigenvalue weighted by molar-refractivity contribution is 7.17. The molecule has 2 nitrogen and oxygen atoms in total. The maximum atomic E-state index is 13.8. The van der Waals surface area contributed by atoms with Crippen molar-refractivity contribution in [1.29, 1.82) is 0 Å². The van der Waals surface area contributed by atoms with Gasteiger partial charge in [-0.05, 0) is 60.3 Å². The van der Waals surface area contributed by atoms with Gasteiger partial charge in [0.15, 0.2) is 0 Å². The number of benzene rings is 1. The van der Waals surface area contributed by atoms with Crippen LogP contribution in [0.2, 0.25) is 0 Å². The molecule has 3 aromatic rings. The molecule has 1 aromatic carbocycles. The van der Waals surface area contributed by atoms with Crippen molar-refractivity contribution in [3.63, 3.8) is 0 Å². The van der Waals surface area contributed by atoms with Crippen molar-refractivity contribution < 1.29 is 8.78 Å². The first-order valence-electron chi connectivity index (χ1n) is 6.61. The fraction of sp³-hybridized carbons (Fsp3) is 0.188. The molecule has 5 heteroatoms. The molecule has 0 spiro atoms. The third kappa shape index (κ3) is 2.94. The second-order valence-electron chi connectivity index (χ2n) is 4.85. The van der Waals surface area contributed by atoms with Crippen molar-refractivity contribution in [3.8, 4) is 0 Å². The van der Waals surface area contributed by atoms with Crippen LogP contribution in [0.4, 0.5) is 8.78 Å². The normalized spacial score (nSPS) is 12.7. The van der Waals surface area contributed by atoms with Gasteiger partial charge in [0.1, 0.15) is 11.6 Å². The summed E-state index contributed by atoms with van der Waals surface area (Å²) in [4.78, 5) is 4.39. The van der Waals surface area contributed by atoms with Crippen LogP contribution in [0, 0.1) is 11.6 Å². The van der Waals surface area contributed by atoms with Crippen molar-refractivity contribution in [3.05, 3.63) is 64.7 Å². The van der Waals surface area contributed by atoms with Gasteiger partial charge in [0.05, 0.1) is 10.2 Å². The van der Waals surface area contributed by atoms with Gasteiger partial charge < -0.3 is 5.32 Å². The molecule has 3 rings (SSSR count). The lowest BCUT2D eigenvalue weighted by Crippen LogP contribution is -2.19. The molecule has 2 aromatic heterocycles. The molecular weight excluding hydrogens is 290 g/mol. The van der Waals surface area contributed by atoms with E-state index < -0.39 is 5.82 Å². The van der Waals surface area contributed by atoms with Crippen molar-refractivity contribution in [2.45, 2.75) is 12.5 Å². The monoisotopic (exact) mass is 304 g/mol. The van der Waals surface area contributed by atoms with Crippen LogP contribution >= 0.6 is 11.3 Å². The minimum absolute atomic E-state index is 0.111. The fourth-order valence-electron chi connectivity index (χ4n) is 2.36. The van der Waals surface area contributed by atoms with Gasteiger partial charge in [0, 0.05) is 12.2 Å². The van der Waals surface area contributed by atoms with Crippen molar-refractivity contribution in [2.24, 2.45) is 0 Å². The SMILES string of the molecule is CNC(Cc1cc(F)ccc1F)c1cnc2ccsc2c1. The van der Waals surface area contributed by atoms with Crippen LogP contribution < -0.4 is 5.32 Å². The van der Waals surface area contributed by atoms with Gasteiger partial charge in [-0.1, -0.05) is 0 Å². The first-order chi connectivity index (χ1) is 10.2. The van der Waals surface area contributed by atoms with Gasteiger partial charge >= 0.3 is 0 Å². The third-order valence-corrected chi connectivity index (χ3v) is 4.36. The predicted octanol–water partition coefficient (Wildman–Crippen LogP) is 4.08. The smallest absolute Gasteiger partial charge is 0.126 e. The summed E-state index contributed by atoms with van der Waals surface area (Å²) in [6.45, 7) is 0. The summed E-state index contributed by atoms with van der Waals surface area (Å²) in [5, 5.41) is 5.13. The van der Waals surface area contributed by atoms with E-state index in [0.717, 1.165) is 27.9 Å². The molecule has 108 valence electrons. The van der Waals surface area contributed by atoms with Crippen LogP contribution in [0.3, 0.4) is 0 Å². The topological polar surface area (TPSA) is 24.9 Å². The van der Waals surface area contributed by atoms with Crippen LogP contribution in [0.5, 0.6) is 0 Å². The van der Waals surface area contributed by atoms with E-state index in [9.17, 15) is 8.78 Å². The number of thiophene rings is 1. The van der Waals surface area contributed by atoms with E-state index in [2.05, 4.69) is 10.3 Å². The lowest BCUT2D eigenvalue weighted by molar-refractivity contribution is 0.543. The lowest BCUT2D eigenvalue weighted by atomic mass is 9.99. The first kappa shape index (κ1) is 14.1. The van der Waals surface area contributed by atoms with Crippen LogP contribution in [-0.4, -0.2) is 12.0 Å². The van der Waals surface area contributed by atoms with E-state index in [1.54, 1.807) is 24.6 Å². The van der Waals surface area contributed by atoms with Gasteiger partial charge in [0.2, 0.25) is 0 Å². The van der Waals surface area contributed by atoms with Crippen molar-refractivity contribution >= 4 is 21.6 Å². The summed E-state index contributed by atoms with van der Waals surface area (Å²) in [5.74, 6) is -0.810. The summed E-state index contributed by atoms with van der Waals surface area (Å²) in [7, 11) is 1.81. The Balaban J connectivity index is 1.92. The van der Waals surface area contributed by atoms with Crippen molar-refractivity contribution in [2.75, 3.05) is 7.05 Å².